The van der Waals surface area contributed by atoms with Crippen LogP contribution in [0.3, 0.4) is 0 Å². The third-order valence-electron chi connectivity index (χ3n) is 2.32. The van der Waals surface area contributed by atoms with Crippen molar-refractivity contribution in [2.45, 2.75) is 6.92 Å². The number of hydrogen-bond donors (Lipinski definition) is 1. The monoisotopic (exact) mass is 258 g/mol. The minimum atomic E-state index is -0.935. The first-order chi connectivity index (χ1) is 9.00. The van der Waals surface area contributed by atoms with Crippen LogP contribution in [0.25, 0.3) is 11.1 Å². The van der Waals surface area contributed by atoms with E-state index < -0.39 is 5.97 Å². The predicted molar refractivity (Wildman–Crippen MR) is 74.3 cm³/mol. The molecule has 0 amide bonds. The molecule has 0 unspecified atom stereocenters. The zero-order valence-electron chi connectivity index (χ0n) is 10.6. The molecule has 0 aliphatic heterocycles. The Bertz CT molecular complexity index is 533. The molecule has 0 aromatic heterocycles. The summed E-state index contributed by atoms with van der Waals surface area (Å²) >= 11 is 0. The van der Waals surface area contributed by atoms with E-state index in [0.29, 0.717) is 0 Å². The molecule has 0 saturated carbocycles. The van der Waals surface area contributed by atoms with Gasteiger partial charge in [-0.1, -0.05) is 49.0 Å². The number of rotatable bonds is 2. The normalized spacial score (nSPS) is 9.16. The third kappa shape index (κ3) is 5.17. The first-order valence-corrected chi connectivity index (χ1v) is 5.70. The van der Waals surface area contributed by atoms with E-state index in [4.69, 9.17) is 5.11 Å². The largest absolute Gasteiger partial charge is 0.478 e. The zero-order chi connectivity index (χ0) is 14.3. The predicted octanol–water partition coefficient (Wildman–Crippen LogP) is 4.14. The number of carboxylic acids is 1. The van der Waals surface area contributed by atoms with Crippen LogP contribution in [0.4, 0.5) is 4.39 Å². The molecule has 3 heteroatoms. The lowest BCUT2D eigenvalue weighted by atomic mass is 10.1. The summed E-state index contributed by atoms with van der Waals surface area (Å²) in [5, 5.41) is 7.89. The fourth-order valence-electron chi connectivity index (χ4n) is 1.27. The van der Waals surface area contributed by atoms with Crippen molar-refractivity contribution in [3.05, 3.63) is 72.6 Å². The lowest BCUT2D eigenvalue weighted by molar-refractivity contribution is -0.132. The maximum Gasteiger partial charge on any atom is 0.330 e. The molecule has 0 bridgehead atoms. The number of carboxylic acid groups (broad SMARTS) is 1. The molecule has 0 heterocycles. The highest BCUT2D eigenvalue weighted by molar-refractivity contribution is 5.84. The molecule has 0 atom stereocenters. The Labute approximate surface area is 111 Å². The fourth-order valence-corrected chi connectivity index (χ4v) is 1.27. The summed E-state index contributed by atoms with van der Waals surface area (Å²) in [5.74, 6) is -1.13. The number of benzene rings is 2. The van der Waals surface area contributed by atoms with Crippen molar-refractivity contribution in [1.82, 2.24) is 0 Å². The number of halogens is 1. The molecule has 0 spiro atoms. The van der Waals surface area contributed by atoms with E-state index in [1.807, 2.05) is 30.3 Å². The van der Waals surface area contributed by atoms with Crippen LogP contribution in [-0.4, -0.2) is 11.1 Å². The average Bonchev–Trinajstić information content (AvgIpc) is 2.41. The van der Waals surface area contributed by atoms with Crippen molar-refractivity contribution in [3.63, 3.8) is 0 Å². The average molecular weight is 258 g/mol. The van der Waals surface area contributed by atoms with Gasteiger partial charge in [0, 0.05) is 5.57 Å². The van der Waals surface area contributed by atoms with Gasteiger partial charge in [-0.3, -0.25) is 0 Å². The molecule has 0 aliphatic rings. The Kier molecular flexibility index (Phi) is 5.48. The van der Waals surface area contributed by atoms with Gasteiger partial charge in [-0.2, -0.15) is 0 Å². The second kappa shape index (κ2) is 7.11. The van der Waals surface area contributed by atoms with E-state index in [0.717, 1.165) is 11.1 Å². The van der Waals surface area contributed by atoms with Crippen molar-refractivity contribution in [3.8, 4) is 11.1 Å². The van der Waals surface area contributed by atoms with Crippen molar-refractivity contribution in [2.24, 2.45) is 0 Å². The molecule has 98 valence electrons. The van der Waals surface area contributed by atoms with Crippen LogP contribution in [0.2, 0.25) is 0 Å². The Hall–Kier alpha value is -2.42. The van der Waals surface area contributed by atoms with Crippen LogP contribution in [0.5, 0.6) is 0 Å². The van der Waals surface area contributed by atoms with Gasteiger partial charge in [0.1, 0.15) is 5.82 Å². The van der Waals surface area contributed by atoms with Crippen LogP contribution < -0.4 is 0 Å². The van der Waals surface area contributed by atoms with Gasteiger partial charge in [-0.05, 0) is 30.2 Å². The van der Waals surface area contributed by atoms with E-state index >= 15 is 0 Å². The van der Waals surface area contributed by atoms with E-state index in [1.165, 1.54) is 19.1 Å². The number of aliphatic carboxylic acids is 1. The Balaban J connectivity index is 0.000000258. The molecule has 0 radical (unpaired) electrons. The Morgan fingerprint density at radius 2 is 1.42 bits per heavy atom. The van der Waals surface area contributed by atoms with Gasteiger partial charge in [0.2, 0.25) is 0 Å². The second-order valence-corrected chi connectivity index (χ2v) is 3.96. The van der Waals surface area contributed by atoms with Crippen LogP contribution in [0, 0.1) is 5.82 Å². The summed E-state index contributed by atoms with van der Waals surface area (Å²) in [6.07, 6.45) is 0. The summed E-state index contributed by atoms with van der Waals surface area (Å²) in [5.41, 5.74) is 2.33. The minimum absolute atomic E-state index is 0.176. The lowest BCUT2D eigenvalue weighted by Gasteiger charge is -1.99. The van der Waals surface area contributed by atoms with Crippen molar-refractivity contribution in [2.75, 3.05) is 0 Å². The summed E-state index contributed by atoms with van der Waals surface area (Å²) in [7, 11) is 0. The molecular formula is C16H15FO2. The summed E-state index contributed by atoms with van der Waals surface area (Å²) in [4.78, 5) is 9.60. The van der Waals surface area contributed by atoms with Crippen LogP contribution >= 0.6 is 0 Å². The standard InChI is InChI=1S/C12H9F.C4H6O2/c13-12-8-6-11(7-9-12)10-4-2-1-3-5-10;1-3(2)4(5)6/h1-9H;1H2,2H3,(H,5,6). The third-order valence-corrected chi connectivity index (χ3v) is 2.32. The van der Waals surface area contributed by atoms with E-state index in [-0.39, 0.29) is 11.4 Å². The van der Waals surface area contributed by atoms with Gasteiger partial charge in [-0.15, -0.1) is 0 Å². The van der Waals surface area contributed by atoms with E-state index in [9.17, 15) is 9.18 Å². The van der Waals surface area contributed by atoms with Gasteiger partial charge in [-0.25, -0.2) is 9.18 Å². The van der Waals surface area contributed by atoms with Crippen LogP contribution in [0.15, 0.2) is 66.7 Å². The van der Waals surface area contributed by atoms with E-state index in [1.54, 1.807) is 12.1 Å². The Morgan fingerprint density at radius 3 is 1.84 bits per heavy atom. The molecule has 0 saturated heterocycles. The number of carbonyl (C=O) groups is 1. The number of hydrogen-bond acceptors (Lipinski definition) is 1. The maximum absolute atomic E-state index is 12.6. The molecule has 2 nitrogen and oxygen atoms in total. The highest BCUT2D eigenvalue weighted by Crippen LogP contribution is 2.18. The summed E-state index contributed by atoms with van der Waals surface area (Å²) < 4.78 is 12.6. The first-order valence-electron chi connectivity index (χ1n) is 5.70. The van der Waals surface area contributed by atoms with Crippen LogP contribution in [-0.2, 0) is 4.79 Å². The van der Waals surface area contributed by atoms with Crippen molar-refractivity contribution >= 4 is 5.97 Å². The molecule has 0 fully saturated rings. The quantitative estimate of drug-likeness (QED) is 0.822. The second-order valence-electron chi connectivity index (χ2n) is 3.96. The minimum Gasteiger partial charge on any atom is -0.478 e. The van der Waals surface area contributed by atoms with Gasteiger partial charge in [0.25, 0.3) is 0 Å². The molecule has 2 aromatic rings. The fraction of sp³-hybridized carbons (Fsp3) is 0.0625. The molecule has 1 N–H and O–H groups in total. The summed E-state index contributed by atoms with van der Waals surface area (Å²) in [6, 6.07) is 16.4. The Morgan fingerprint density at radius 1 is 1.00 bits per heavy atom. The maximum atomic E-state index is 12.6. The van der Waals surface area contributed by atoms with E-state index in [2.05, 4.69) is 6.58 Å². The first kappa shape index (κ1) is 14.6. The topological polar surface area (TPSA) is 37.3 Å². The molecular weight excluding hydrogens is 243 g/mol. The molecule has 2 aromatic carbocycles. The lowest BCUT2D eigenvalue weighted by Crippen LogP contribution is -1.92. The molecule has 2 rings (SSSR count). The highest BCUT2D eigenvalue weighted by Gasteiger charge is 1.95. The highest BCUT2D eigenvalue weighted by atomic mass is 19.1. The van der Waals surface area contributed by atoms with Gasteiger partial charge < -0.3 is 5.11 Å². The molecule has 19 heavy (non-hydrogen) atoms. The van der Waals surface area contributed by atoms with Crippen molar-refractivity contribution in [1.29, 1.82) is 0 Å². The van der Waals surface area contributed by atoms with Gasteiger partial charge in [0.05, 0.1) is 0 Å². The zero-order valence-corrected chi connectivity index (χ0v) is 10.6. The van der Waals surface area contributed by atoms with Crippen LogP contribution in [0.1, 0.15) is 6.92 Å². The van der Waals surface area contributed by atoms with Gasteiger partial charge in [0.15, 0.2) is 0 Å². The SMILES string of the molecule is C=C(C)C(=O)O.Fc1ccc(-c2ccccc2)cc1. The van der Waals surface area contributed by atoms with Crippen molar-refractivity contribution < 1.29 is 14.3 Å². The molecule has 0 aliphatic carbocycles. The van der Waals surface area contributed by atoms with Gasteiger partial charge >= 0.3 is 5.97 Å². The summed E-state index contributed by atoms with van der Waals surface area (Å²) in [6.45, 7) is 4.60. The smallest absolute Gasteiger partial charge is 0.330 e.